The molecular weight excluding hydrogens is 224 g/mol. The first-order valence-electron chi connectivity index (χ1n) is 5.32. The van der Waals surface area contributed by atoms with Crippen molar-refractivity contribution >= 4 is 12.0 Å². The number of furan rings is 1. The Morgan fingerprint density at radius 1 is 1.53 bits per heavy atom. The third kappa shape index (κ3) is 5.05. The Labute approximate surface area is 99.2 Å². The number of nitrogens with zero attached hydrogens (tertiary/aromatic N) is 1. The molecule has 0 saturated carbocycles. The molecule has 0 aliphatic heterocycles. The molecule has 1 aromatic heterocycles. The summed E-state index contributed by atoms with van der Waals surface area (Å²) in [5, 5.41) is 11.1. The molecular formula is C11H16N2O4. The van der Waals surface area contributed by atoms with Crippen molar-refractivity contribution in [2.75, 3.05) is 13.6 Å². The van der Waals surface area contributed by atoms with Gasteiger partial charge >= 0.3 is 12.0 Å². The van der Waals surface area contributed by atoms with Gasteiger partial charge in [-0.3, -0.25) is 4.79 Å². The summed E-state index contributed by atoms with van der Waals surface area (Å²) in [5.41, 5.74) is 0. The molecule has 1 heterocycles. The number of carbonyl (C=O) groups is 2. The van der Waals surface area contributed by atoms with Crippen LogP contribution in [0.1, 0.15) is 18.6 Å². The molecule has 1 aromatic rings. The maximum Gasteiger partial charge on any atom is 0.317 e. The number of hydrogen-bond donors (Lipinski definition) is 2. The SMILES string of the molecule is CN(CCCC(=O)O)C(=O)NCc1ccco1. The Morgan fingerprint density at radius 3 is 2.88 bits per heavy atom. The number of urea groups is 1. The number of carbonyl (C=O) groups excluding carboxylic acids is 1. The number of rotatable bonds is 6. The molecule has 0 aliphatic rings. The smallest absolute Gasteiger partial charge is 0.317 e. The quantitative estimate of drug-likeness (QED) is 0.784. The summed E-state index contributed by atoms with van der Waals surface area (Å²) in [6, 6.07) is 3.27. The van der Waals surface area contributed by atoms with Crippen LogP contribution in [-0.2, 0) is 11.3 Å². The number of nitrogens with one attached hydrogen (secondary N) is 1. The van der Waals surface area contributed by atoms with Crippen molar-refractivity contribution in [3.63, 3.8) is 0 Å². The predicted octanol–water partition coefficient (Wildman–Crippen LogP) is 1.29. The molecule has 17 heavy (non-hydrogen) atoms. The second-order valence-electron chi connectivity index (χ2n) is 3.66. The summed E-state index contributed by atoms with van der Waals surface area (Å²) in [6.07, 6.45) is 2.05. The molecule has 0 bridgehead atoms. The van der Waals surface area contributed by atoms with Gasteiger partial charge in [-0.2, -0.15) is 0 Å². The van der Waals surface area contributed by atoms with Gasteiger partial charge in [0.25, 0.3) is 0 Å². The van der Waals surface area contributed by atoms with E-state index in [1.807, 2.05) is 0 Å². The number of aliphatic carboxylic acids is 1. The van der Waals surface area contributed by atoms with Gasteiger partial charge in [-0.1, -0.05) is 0 Å². The molecule has 2 N–H and O–H groups in total. The van der Waals surface area contributed by atoms with Crippen molar-refractivity contribution in [3.8, 4) is 0 Å². The average Bonchev–Trinajstić information content (AvgIpc) is 2.78. The molecule has 94 valence electrons. The van der Waals surface area contributed by atoms with Crippen LogP contribution in [0, 0.1) is 0 Å². The van der Waals surface area contributed by atoms with Gasteiger partial charge in [0.15, 0.2) is 0 Å². The largest absolute Gasteiger partial charge is 0.481 e. The van der Waals surface area contributed by atoms with E-state index in [4.69, 9.17) is 9.52 Å². The fraction of sp³-hybridized carbons (Fsp3) is 0.455. The van der Waals surface area contributed by atoms with Crippen molar-refractivity contribution < 1.29 is 19.1 Å². The van der Waals surface area contributed by atoms with Crippen LogP contribution in [-0.4, -0.2) is 35.6 Å². The zero-order valence-electron chi connectivity index (χ0n) is 9.68. The van der Waals surface area contributed by atoms with Gasteiger partial charge < -0.3 is 19.7 Å². The normalized spacial score (nSPS) is 9.94. The maximum absolute atomic E-state index is 11.5. The molecule has 0 atom stereocenters. The number of carboxylic acids is 1. The van der Waals surface area contributed by atoms with E-state index in [0.29, 0.717) is 25.3 Å². The highest BCUT2D eigenvalue weighted by molar-refractivity contribution is 5.73. The summed E-state index contributed by atoms with van der Waals surface area (Å²) < 4.78 is 5.07. The Bertz CT molecular complexity index is 362. The Kier molecular flexibility index (Phi) is 5.06. The lowest BCUT2D eigenvalue weighted by Gasteiger charge is -2.16. The lowest BCUT2D eigenvalue weighted by Crippen LogP contribution is -2.37. The van der Waals surface area contributed by atoms with Gasteiger partial charge in [-0.15, -0.1) is 0 Å². The van der Waals surface area contributed by atoms with E-state index >= 15 is 0 Å². The first-order chi connectivity index (χ1) is 8.09. The van der Waals surface area contributed by atoms with Crippen LogP contribution in [0.2, 0.25) is 0 Å². The van der Waals surface area contributed by atoms with Crippen LogP contribution in [0.15, 0.2) is 22.8 Å². The second kappa shape index (κ2) is 6.57. The van der Waals surface area contributed by atoms with Crippen molar-refractivity contribution in [2.45, 2.75) is 19.4 Å². The van der Waals surface area contributed by atoms with Gasteiger partial charge in [0, 0.05) is 20.0 Å². The topological polar surface area (TPSA) is 82.8 Å². The highest BCUT2D eigenvalue weighted by Crippen LogP contribution is 1.99. The first-order valence-corrected chi connectivity index (χ1v) is 5.32. The Hall–Kier alpha value is -1.98. The van der Waals surface area contributed by atoms with Crippen molar-refractivity contribution in [2.24, 2.45) is 0 Å². The fourth-order valence-electron chi connectivity index (χ4n) is 1.28. The van der Waals surface area contributed by atoms with Gasteiger partial charge in [0.1, 0.15) is 5.76 Å². The van der Waals surface area contributed by atoms with Gasteiger partial charge in [-0.25, -0.2) is 4.79 Å². The molecule has 0 fully saturated rings. The van der Waals surface area contributed by atoms with E-state index in [1.54, 1.807) is 19.2 Å². The summed E-state index contributed by atoms with van der Waals surface area (Å²) in [7, 11) is 1.62. The fourth-order valence-corrected chi connectivity index (χ4v) is 1.28. The molecule has 0 unspecified atom stereocenters. The second-order valence-corrected chi connectivity index (χ2v) is 3.66. The minimum atomic E-state index is -0.852. The minimum absolute atomic E-state index is 0.0653. The zero-order valence-corrected chi connectivity index (χ0v) is 9.68. The first kappa shape index (κ1) is 13.1. The van der Waals surface area contributed by atoms with Gasteiger partial charge in [0.05, 0.1) is 12.8 Å². The predicted molar refractivity (Wildman–Crippen MR) is 60.4 cm³/mol. The van der Waals surface area contributed by atoms with Crippen LogP contribution < -0.4 is 5.32 Å². The summed E-state index contributed by atoms with van der Waals surface area (Å²) in [6.45, 7) is 0.741. The van der Waals surface area contributed by atoms with E-state index in [-0.39, 0.29) is 12.5 Å². The highest BCUT2D eigenvalue weighted by atomic mass is 16.4. The Balaban J connectivity index is 2.20. The number of amides is 2. The molecule has 0 aromatic carbocycles. The molecule has 0 aliphatic carbocycles. The van der Waals surface area contributed by atoms with Crippen LogP contribution in [0.4, 0.5) is 4.79 Å². The highest BCUT2D eigenvalue weighted by Gasteiger charge is 2.08. The van der Waals surface area contributed by atoms with E-state index in [9.17, 15) is 9.59 Å². The Morgan fingerprint density at radius 2 is 2.29 bits per heavy atom. The van der Waals surface area contributed by atoms with Crippen molar-refractivity contribution in [3.05, 3.63) is 24.2 Å². The minimum Gasteiger partial charge on any atom is -0.481 e. The maximum atomic E-state index is 11.5. The van der Waals surface area contributed by atoms with E-state index in [1.165, 1.54) is 11.2 Å². The number of carboxylic acid groups (broad SMARTS) is 1. The molecule has 0 spiro atoms. The molecule has 0 saturated heterocycles. The van der Waals surface area contributed by atoms with E-state index in [2.05, 4.69) is 5.32 Å². The lowest BCUT2D eigenvalue weighted by atomic mass is 10.3. The zero-order chi connectivity index (χ0) is 12.7. The average molecular weight is 240 g/mol. The van der Waals surface area contributed by atoms with Crippen LogP contribution in [0.25, 0.3) is 0 Å². The lowest BCUT2D eigenvalue weighted by molar-refractivity contribution is -0.137. The monoisotopic (exact) mass is 240 g/mol. The summed E-state index contributed by atoms with van der Waals surface area (Å²) in [5.74, 6) is -0.174. The van der Waals surface area contributed by atoms with E-state index in [0.717, 1.165) is 0 Å². The van der Waals surface area contributed by atoms with Crippen LogP contribution in [0.3, 0.4) is 0 Å². The third-order valence-corrected chi connectivity index (χ3v) is 2.22. The van der Waals surface area contributed by atoms with Crippen molar-refractivity contribution in [1.29, 1.82) is 0 Å². The molecule has 6 nitrogen and oxygen atoms in total. The van der Waals surface area contributed by atoms with Gasteiger partial charge in [-0.05, 0) is 18.6 Å². The summed E-state index contributed by atoms with van der Waals surface area (Å²) in [4.78, 5) is 23.3. The standard InChI is InChI=1S/C11H16N2O4/c1-13(6-2-5-10(14)15)11(16)12-8-9-4-3-7-17-9/h3-4,7H,2,5-6,8H2,1H3,(H,12,16)(H,14,15). The van der Waals surface area contributed by atoms with Gasteiger partial charge in [0.2, 0.25) is 0 Å². The van der Waals surface area contributed by atoms with Crippen LogP contribution >= 0.6 is 0 Å². The summed E-state index contributed by atoms with van der Waals surface area (Å²) >= 11 is 0. The molecule has 0 radical (unpaired) electrons. The molecule has 1 rings (SSSR count). The third-order valence-electron chi connectivity index (χ3n) is 2.22. The van der Waals surface area contributed by atoms with Crippen molar-refractivity contribution in [1.82, 2.24) is 10.2 Å². The van der Waals surface area contributed by atoms with E-state index < -0.39 is 5.97 Å². The van der Waals surface area contributed by atoms with Crippen LogP contribution in [0.5, 0.6) is 0 Å². The molecule has 2 amide bonds. The molecule has 6 heteroatoms. The number of hydrogen-bond acceptors (Lipinski definition) is 3.